The van der Waals surface area contributed by atoms with Crippen LogP contribution in [0.15, 0.2) is 46.8 Å². The second kappa shape index (κ2) is 10.2. The second-order valence-corrected chi connectivity index (χ2v) is 8.51. The zero-order valence-electron chi connectivity index (χ0n) is 16.4. The number of thiazole rings is 1. The molecule has 148 valence electrons. The van der Waals surface area contributed by atoms with Crippen molar-refractivity contribution in [1.29, 1.82) is 5.26 Å². The first-order valence-corrected chi connectivity index (χ1v) is 11.3. The molecule has 29 heavy (non-hydrogen) atoms. The van der Waals surface area contributed by atoms with Crippen LogP contribution < -0.4 is 5.32 Å². The largest absolute Gasteiger partial charge is 0.302 e. The number of carbonyl (C=O) groups is 1. The number of anilines is 1. The van der Waals surface area contributed by atoms with Gasteiger partial charge in [0.1, 0.15) is 11.1 Å². The number of aromatic nitrogens is 2. The van der Waals surface area contributed by atoms with E-state index < -0.39 is 0 Å². The first-order chi connectivity index (χ1) is 14.1. The molecule has 0 atom stereocenters. The Hall–Kier alpha value is -2.69. The number of hydrogen-bond acceptors (Lipinski definition) is 6. The van der Waals surface area contributed by atoms with Gasteiger partial charge in [-0.1, -0.05) is 43.2 Å². The van der Waals surface area contributed by atoms with Gasteiger partial charge < -0.3 is 5.32 Å². The second-order valence-electron chi connectivity index (χ2n) is 6.57. The predicted octanol–water partition coefficient (Wildman–Crippen LogP) is 5.46. The maximum Gasteiger partial charge on any atom is 0.226 e. The highest BCUT2D eigenvalue weighted by molar-refractivity contribution is 7.99. The molecule has 0 bridgehead atoms. The van der Waals surface area contributed by atoms with Gasteiger partial charge in [0, 0.05) is 28.8 Å². The molecule has 0 aliphatic carbocycles. The van der Waals surface area contributed by atoms with Crippen LogP contribution in [0.2, 0.25) is 0 Å². The maximum absolute atomic E-state index is 12.3. The van der Waals surface area contributed by atoms with Crippen molar-refractivity contribution in [2.24, 2.45) is 0 Å². The molecule has 3 rings (SSSR count). The molecule has 7 heteroatoms. The van der Waals surface area contributed by atoms with Gasteiger partial charge in [0.05, 0.1) is 11.3 Å². The van der Waals surface area contributed by atoms with Gasteiger partial charge >= 0.3 is 0 Å². The third-order valence-electron chi connectivity index (χ3n) is 4.21. The summed E-state index contributed by atoms with van der Waals surface area (Å²) in [5, 5.41) is 15.4. The van der Waals surface area contributed by atoms with E-state index in [1.807, 2.05) is 48.7 Å². The van der Waals surface area contributed by atoms with Gasteiger partial charge in [0.15, 0.2) is 5.13 Å². The Morgan fingerprint density at radius 1 is 1.21 bits per heavy atom. The van der Waals surface area contributed by atoms with Crippen molar-refractivity contribution >= 4 is 34.1 Å². The van der Waals surface area contributed by atoms with E-state index in [2.05, 4.69) is 28.3 Å². The average molecular weight is 423 g/mol. The van der Waals surface area contributed by atoms with Gasteiger partial charge in [0.25, 0.3) is 0 Å². The monoisotopic (exact) mass is 422 g/mol. The fourth-order valence-electron chi connectivity index (χ4n) is 2.68. The summed E-state index contributed by atoms with van der Waals surface area (Å²) in [6, 6.07) is 14.0. The molecule has 2 aromatic heterocycles. The summed E-state index contributed by atoms with van der Waals surface area (Å²) in [7, 11) is 0. The molecule has 2 heterocycles. The van der Waals surface area contributed by atoms with E-state index in [-0.39, 0.29) is 5.91 Å². The van der Waals surface area contributed by atoms with E-state index in [1.54, 1.807) is 0 Å². The molecule has 0 saturated heterocycles. The van der Waals surface area contributed by atoms with Gasteiger partial charge in [-0.25, -0.2) is 9.97 Å². The molecule has 5 nitrogen and oxygen atoms in total. The van der Waals surface area contributed by atoms with Gasteiger partial charge in [-0.2, -0.15) is 5.26 Å². The Morgan fingerprint density at radius 3 is 2.72 bits per heavy atom. The summed E-state index contributed by atoms with van der Waals surface area (Å²) in [5.41, 5.74) is 4.62. The molecule has 3 aromatic rings. The van der Waals surface area contributed by atoms with Crippen LogP contribution in [-0.4, -0.2) is 21.6 Å². The number of nitriles is 1. The smallest absolute Gasteiger partial charge is 0.226 e. The van der Waals surface area contributed by atoms with Crippen LogP contribution >= 0.6 is 23.1 Å². The van der Waals surface area contributed by atoms with Crippen LogP contribution in [0.4, 0.5) is 5.13 Å². The number of carbonyl (C=O) groups excluding carboxylic acids is 1. The number of nitrogens with zero attached hydrogens (tertiary/aromatic N) is 3. The van der Waals surface area contributed by atoms with Crippen molar-refractivity contribution < 1.29 is 4.79 Å². The SMILES string of the molecule is CCCc1ccc(C#N)c(SCCC(=O)Nc2nc(-c3ccc(C)cc3)cs2)n1. The van der Waals surface area contributed by atoms with Crippen LogP contribution in [-0.2, 0) is 11.2 Å². The first-order valence-electron chi connectivity index (χ1n) is 9.44. The Bertz CT molecular complexity index is 1020. The predicted molar refractivity (Wildman–Crippen MR) is 119 cm³/mol. The number of nitrogens with one attached hydrogen (secondary N) is 1. The van der Waals surface area contributed by atoms with Crippen LogP contribution in [0, 0.1) is 18.3 Å². The van der Waals surface area contributed by atoms with Gasteiger partial charge in [-0.15, -0.1) is 23.1 Å². The van der Waals surface area contributed by atoms with E-state index in [0.717, 1.165) is 29.8 Å². The van der Waals surface area contributed by atoms with Gasteiger partial charge in [0.2, 0.25) is 5.91 Å². The molecular weight excluding hydrogens is 400 g/mol. The topological polar surface area (TPSA) is 78.7 Å². The minimum absolute atomic E-state index is 0.0921. The van der Waals surface area contributed by atoms with Crippen LogP contribution in [0.3, 0.4) is 0 Å². The highest BCUT2D eigenvalue weighted by Crippen LogP contribution is 2.26. The normalized spacial score (nSPS) is 10.5. The standard InChI is InChI=1S/C22H22N4OS2/c1-3-4-18-10-9-17(13-23)21(24-18)28-12-11-20(27)26-22-25-19(14-29-22)16-7-5-15(2)6-8-16/h5-10,14H,3-4,11-12H2,1-2H3,(H,25,26,27). The summed E-state index contributed by atoms with van der Waals surface area (Å²) in [5.74, 6) is 0.463. The molecule has 0 aliphatic heterocycles. The number of amides is 1. The first kappa shape index (κ1) is 21.0. The van der Waals surface area contributed by atoms with Crippen molar-refractivity contribution in [2.45, 2.75) is 38.1 Å². The lowest BCUT2D eigenvalue weighted by Gasteiger charge is -2.06. The fraction of sp³-hybridized carbons (Fsp3) is 0.273. The third kappa shape index (κ3) is 5.89. The van der Waals surface area contributed by atoms with E-state index in [0.29, 0.717) is 27.9 Å². The van der Waals surface area contributed by atoms with Gasteiger partial charge in [-0.3, -0.25) is 4.79 Å². The number of benzene rings is 1. The molecule has 0 unspecified atom stereocenters. The van der Waals surface area contributed by atoms with Crippen molar-refractivity contribution in [3.63, 3.8) is 0 Å². The summed E-state index contributed by atoms with van der Waals surface area (Å²) in [6.07, 6.45) is 2.21. The third-order valence-corrected chi connectivity index (χ3v) is 5.96. The number of aryl methyl sites for hydroxylation is 2. The minimum Gasteiger partial charge on any atom is -0.302 e. The molecular formula is C22H22N4OS2. The van der Waals surface area contributed by atoms with Gasteiger partial charge in [-0.05, 0) is 25.5 Å². The Labute approximate surface area is 179 Å². The van der Waals surface area contributed by atoms with Crippen molar-refractivity contribution in [3.8, 4) is 17.3 Å². The lowest BCUT2D eigenvalue weighted by Crippen LogP contribution is -2.12. The number of hydrogen-bond donors (Lipinski definition) is 1. The zero-order chi connectivity index (χ0) is 20.6. The summed E-state index contributed by atoms with van der Waals surface area (Å²) in [6.45, 7) is 4.14. The fourth-order valence-corrected chi connectivity index (χ4v) is 4.35. The molecule has 0 saturated carbocycles. The van der Waals surface area contributed by atoms with E-state index in [9.17, 15) is 10.1 Å². The maximum atomic E-state index is 12.3. The molecule has 0 radical (unpaired) electrons. The average Bonchev–Trinajstić information content (AvgIpc) is 3.17. The Balaban J connectivity index is 1.54. The molecule has 0 aliphatic rings. The Morgan fingerprint density at radius 2 is 2.00 bits per heavy atom. The number of pyridine rings is 1. The number of thioether (sulfide) groups is 1. The van der Waals surface area contributed by atoms with E-state index in [4.69, 9.17) is 0 Å². The van der Waals surface area contributed by atoms with E-state index in [1.165, 1.54) is 28.7 Å². The lowest BCUT2D eigenvalue weighted by molar-refractivity contribution is -0.115. The van der Waals surface area contributed by atoms with Crippen molar-refractivity contribution in [1.82, 2.24) is 9.97 Å². The molecule has 1 N–H and O–H groups in total. The summed E-state index contributed by atoms with van der Waals surface area (Å²) < 4.78 is 0. The zero-order valence-corrected chi connectivity index (χ0v) is 18.1. The highest BCUT2D eigenvalue weighted by atomic mass is 32.2. The van der Waals surface area contributed by atoms with E-state index >= 15 is 0 Å². The molecule has 1 amide bonds. The molecule has 0 spiro atoms. The highest BCUT2D eigenvalue weighted by Gasteiger charge is 2.11. The minimum atomic E-state index is -0.0921. The quantitative estimate of drug-likeness (QED) is 0.488. The lowest BCUT2D eigenvalue weighted by atomic mass is 10.1. The van der Waals surface area contributed by atoms with Crippen LogP contribution in [0.25, 0.3) is 11.3 Å². The molecule has 1 aromatic carbocycles. The number of rotatable bonds is 8. The molecule has 0 fully saturated rings. The summed E-state index contributed by atoms with van der Waals surface area (Å²) in [4.78, 5) is 21.3. The summed E-state index contributed by atoms with van der Waals surface area (Å²) >= 11 is 2.86. The van der Waals surface area contributed by atoms with Crippen LogP contribution in [0.1, 0.15) is 36.6 Å². The van der Waals surface area contributed by atoms with Crippen molar-refractivity contribution in [2.75, 3.05) is 11.1 Å². The Kier molecular flexibility index (Phi) is 7.39. The van der Waals surface area contributed by atoms with Crippen LogP contribution in [0.5, 0.6) is 0 Å². The van der Waals surface area contributed by atoms with Crippen molar-refractivity contribution in [3.05, 3.63) is 58.6 Å².